The van der Waals surface area contributed by atoms with Gasteiger partial charge in [0.25, 0.3) is 11.5 Å². The fraction of sp³-hybridized carbons (Fsp3) is 0.208. The second kappa shape index (κ2) is 8.00. The van der Waals surface area contributed by atoms with Crippen LogP contribution in [0.5, 0.6) is 5.75 Å². The highest BCUT2D eigenvalue weighted by Gasteiger charge is 2.27. The Morgan fingerprint density at radius 2 is 2.00 bits per heavy atom. The van der Waals surface area contributed by atoms with Crippen LogP contribution in [0.2, 0.25) is 0 Å². The van der Waals surface area contributed by atoms with E-state index in [0.29, 0.717) is 42.8 Å². The van der Waals surface area contributed by atoms with Crippen LogP contribution >= 0.6 is 11.3 Å². The van der Waals surface area contributed by atoms with Gasteiger partial charge in [-0.3, -0.25) is 14.2 Å². The Hall–Kier alpha value is -3.45. The molecule has 0 bridgehead atoms. The Morgan fingerprint density at radius 1 is 1.16 bits per heavy atom. The van der Waals surface area contributed by atoms with E-state index in [0.717, 1.165) is 20.8 Å². The summed E-state index contributed by atoms with van der Waals surface area (Å²) in [6.45, 7) is 1.56. The van der Waals surface area contributed by atoms with Crippen LogP contribution in [0, 0.1) is 0 Å². The first-order chi connectivity index (χ1) is 15.1. The molecule has 1 amide bonds. The summed E-state index contributed by atoms with van der Waals surface area (Å²) < 4.78 is 6.91. The summed E-state index contributed by atoms with van der Waals surface area (Å²) in [5.41, 5.74) is 2.69. The van der Waals surface area contributed by atoms with E-state index in [-0.39, 0.29) is 11.5 Å². The van der Waals surface area contributed by atoms with E-state index in [1.807, 2.05) is 47.4 Å². The van der Waals surface area contributed by atoms with Crippen LogP contribution in [0.15, 0.2) is 65.7 Å². The number of rotatable bonds is 4. The second-order valence-corrected chi connectivity index (χ2v) is 8.64. The molecule has 5 rings (SSSR count). The van der Waals surface area contributed by atoms with Gasteiger partial charge in [-0.15, -0.1) is 11.3 Å². The molecule has 0 atom stereocenters. The van der Waals surface area contributed by atoms with Crippen LogP contribution < -0.4 is 10.3 Å². The zero-order valence-electron chi connectivity index (χ0n) is 17.1. The summed E-state index contributed by atoms with van der Waals surface area (Å²) in [5, 5.41) is 0.701. The quantitative estimate of drug-likeness (QED) is 0.494. The number of carbonyl (C=O) groups excluding carboxylic acids is 1. The average molecular weight is 432 g/mol. The number of amides is 1. The number of hydrogen-bond donors (Lipinski definition) is 0. The summed E-state index contributed by atoms with van der Waals surface area (Å²) in [5.74, 6) is 0.630. The Labute approximate surface area is 183 Å². The number of ether oxygens (including phenoxy) is 1. The molecule has 3 heterocycles. The third kappa shape index (κ3) is 3.61. The fourth-order valence-electron chi connectivity index (χ4n) is 4.02. The lowest BCUT2D eigenvalue weighted by atomic mass is 10.0. The number of fused-ring (bicyclic) bond motifs is 3. The summed E-state index contributed by atoms with van der Waals surface area (Å²) >= 11 is 1.51. The molecule has 0 aliphatic carbocycles. The van der Waals surface area contributed by atoms with Crippen LogP contribution in [0.25, 0.3) is 10.2 Å². The minimum Gasteiger partial charge on any atom is -0.497 e. The number of methoxy groups -OCH3 is 1. The molecule has 31 heavy (non-hydrogen) atoms. The van der Waals surface area contributed by atoms with E-state index in [4.69, 9.17) is 4.74 Å². The fourth-order valence-corrected chi connectivity index (χ4v) is 5.22. The number of hydrogen-bond acceptors (Lipinski definition) is 5. The first-order valence-electron chi connectivity index (χ1n) is 10.1. The number of nitrogens with zero attached hydrogens (tertiary/aromatic N) is 3. The predicted octanol–water partition coefficient (Wildman–Crippen LogP) is 3.71. The molecule has 0 unspecified atom stereocenters. The van der Waals surface area contributed by atoms with Crippen molar-refractivity contribution in [3.63, 3.8) is 0 Å². The molecule has 7 heteroatoms. The largest absolute Gasteiger partial charge is 0.497 e. The Bertz CT molecular complexity index is 1330. The van der Waals surface area contributed by atoms with Crippen molar-refractivity contribution >= 4 is 27.5 Å². The minimum absolute atomic E-state index is 0.0149. The first kappa shape index (κ1) is 19.5. The number of thiophene rings is 1. The van der Waals surface area contributed by atoms with Gasteiger partial charge in [0.1, 0.15) is 10.6 Å². The van der Waals surface area contributed by atoms with Crippen molar-refractivity contribution in [2.45, 2.75) is 19.5 Å². The van der Waals surface area contributed by atoms with Gasteiger partial charge >= 0.3 is 0 Å². The number of carbonyl (C=O) groups is 1. The molecule has 1 aliphatic heterocycles. The van der Waals surface area contributed by atoms with Crippen molar-refractivity contribution in [1.29, 1.82) is 0 Å². The van der Waals surface area contributed by atoms with E-state index >= 15 is 0 Å². The smallest absolute Gasteiger partial charge is 0.262 e. The topological polar surface area (TPSA) is 64.4 Å². The Kier molecular flexibility index (Phi) is 5.03. The van der Waals surface area contributed by atoms with Gasteiger partial charge in [-0.05, 0) is 35.7 Å². The molecule has 0 N–H and O–H groups in total. The van der Waals surface area contributed by atoms with Gasteiger partial charge in [-0.1, -0.05) is 36.4 Å². The van der Waals surface area contributed by atoms with Crippen molar-refractivity contribution in [2.75, 3.05) is 13.7 Å². The van der Waals surface area contributed by atoms with E-state index in [2.05, 4.69) is 4.98 Å². The standard InChI is InChI=1S/C24H21N3O3S/c1-30-18-9-5-8-17(12-18)23(28)26-11-10-19-20(14-26)31-22-21(19)24(29)27(15-25-22)13-16-6-3-2-4-7-16/h2-9,12,15H,10-11,13-14H2,1H3. The van der Waals surface area contributed by atoms with E-state index < -0.39 is 0 Å². The predicted molar refractivity (Wildman–Crippen MR) is 121 cm³/mol. The summed E-state index contributed by atoms with van der Waals surface area (Å²) in [4.78, 5) is 34.4. The van der Waals surface area contributed by atoms with Crippen LogP contribution in [0.4, 0.5) is 0 Å². The lowest BCUT2D eigenvalue weighted by Crippen LogP contribution is -2.35. The maximum atomic E-state index is 13.2. The lowest BCUT2D eigenvalue weighted by Gasteiger charge is -2.27. The highest BCUT2D eigenvalue weighted by Crippen LogP contribution is 2.33. The average Bonchev–Trinajstić information content (AvgIpc) is 3.19. The molecule has 156 valence electrons. The molecule has 0 radical (unpaired) electrons. The molecule has 4 aromatic rings. The number of benzene rings is 2. The molecule has 0 fully saturated rings. The van der Waals surface area contributed by atoms with Crippen LogP contribution in [-0.4, -0.2) is 34.0 Å². The summed E-state index contributed by atoms with van der Waals surface area (Å²) in [6.07, 6.45) is 2.27. The SMILES string of the molecule is COc1cccc(C(=O)N2CCc3c(sc4ncn(Cc5ccccc5)c(=O)c34)C2)c1. The molecule has 0 saturated carbocycles. The van der Waals surface area contributed by atoms with Gasteiger partial charge in [0, 0.05) is 17.0 Å². The van der Waals surface area contributed by atoms with Crippen molar-refractivity contribution in [3.8, 4) is 5.75 Å². The lowest BCUT2D eigenvalue weighted by molar-refractivity contribution is 0.0737. The molecular formula is C24H21N3O3S. The molecule has 2 aromatic heterocycles. The van der Waals surface area contributed by atoms with Gasteiger partial charge in [-0.2, -0.15) is 0 Å². The summed E-state index contributed by atoms with van der Waals surface area (Å²) in [6, 6.07) is 17.1. The van der Waals surface area contributed by atoms with E-state index in [9.17, 15) is 9.59 Å². The van der Waals surface area contributed by atoms with Crippen molar-refractivity contribution < 1.29 is 9.53 Å². The maximum absolute atomic E-state index is 13.2. The first-order valence-corrected chi connectivity index (χ1v) is 10.9. The van der Waals surface area contributed by atoms with Crippen LogP contribution in [0.1, 0.15) is 26.4 Å². The van der Waals surface area contributed by atoms with E-state index in [1.165, 1.54) is 11.3 Å². The van der Waals surface area contributed by atoms with Crippen LogP contribution in [0.3, 0.4) is 0 Å². The Morgan fingerprint density at radius 3 is 2.81 bits per heavy atom. The zero-order chi connectivity index (χ0) is 21.4. The van der Waals surface area contributed by atoms with Gasteiger partial charge < -0.3 is 9.64 Å². The van der Waals surface area contributed by atoms with Crippen molar-refractivity contribution in [3.05, 3.63) is 92.8 Å². The van der Waals surface area contributed by atoms with Gasteiger partial charge in [0.05, 0.1) is 31.9 Å². The monoisotopic (exact) mass is 431 g/mol. The minimum atomic E-state index is -0.0311. The Balaban J connectivity index is 1.45. The third-order valence-electron chi connectivity index (χ3n) is 5.63. The highest BCUT2D eigenvalue weighted by molar-refractivity contribution is 7.18. The molecule has 6 nitrogen and oxygen atoms in total. The van der Waals surface area contributed by atoms with Gasteiger partial charge in [-0.25, -0.2) is 4.98 Å². The van der Waals surface area contributed by atoms with Crippen molar-refractivity contribution in [2.24, 2.45) is 0 Å². The number of aromatic nitrogens is 2. The highest BCUT2D eigenvalue weighted by atomic mass is 32.1. The molecule has 0 saturated heterocycles. The van der Waals surface area contributed by atoms with E-state index in [1.54, 1.807) is 30.1 Å². The van der Waals surface area contributed by atoms with Gasteiger partial charge in [0.15, 0.2) is 0 Å². The van der Waals surface area contributed by atoms with Crippen molar-refractivity contribution in [1.82, 2.24) is 14.5 Å². The molecular weight excluding hydrogens is 410 g/mol. The normalized spacial score (nSPS) is 13.3. The molecule has 2 aromatic carbocycles. The molecule has 1 aliphatic rings. The van der Waals surface area contributed by atoms with Crippen LogP contribution in [-0.2, 0) is 19.5 Å². The zero-order valence-corrected chi connectivity index (χ0v) is 17.9. The van der Waals surface area contributed by atoms with Gasteiger partial charge in [0.2, 0.25) is 0 Å². The second-order valence-electron chi connectivity index (χ2n) is 7.56. The molecule has 0 spiro atoms. The summed E-state index contributed by atoms with van der Waals surface area (Å²) in [7, 11) is 1.59. The maximum Gasteiger partial charge on any atom is 0.262 e. The third-order valence-corrected chi connectivity index (χ3v) is 6.75.